The van der Waals surface area contributed by atoms with Crippen molar-refractivity contribution in [2.24, 2.45) is 5.73 Å². The number of ether oxygens (including phenoxy) is 2. The molecule has 0 spiro atoms. The molecule has 0 radical (unpaired) electrons. The van der Waals surface area contributed by atoms with Gasteiger partial charge in [-0.15, -0.1) is 0 Å². The summed E-state index contributed by atoms with van der Waals surface area (Å²) in [6.07, 6.45) is 0. The zero-order valence-corrected chi connectivity index (χ0v) is 12.8. The van der Waals surface area contributed by atoms with Crippen molar-refractivity contribution >= 4 is 32.9 Å². The number of hydrogen-bond acceptors (Lipinski definition) is 5. The van der Waals surface area contributed by atoms with Gasteiger partial charge in [-0.2, -0.15) is 0 Å². The summed E-state index contributed by atoms with van der Waals surface area (Å²) >= 11 is 4.72. The number of sulfonamides is 1. The van der Waals surface area contributed by atoms with E-state index in [2.05, 4.69) is 4.72 Å². The molecule has 1 aromatic carbocycles. The lowest BCUT2D eigenvalue weighted by molar-refractivity contribution is 0.163. The van der Waals surface area contributed by atoms with Crippen molar-refractivity contribution in [1.29, 1.82) is 0 Å². The highest BCUT2D eigenvalue weighted by Gasteiger charge is 2.13. The Labute approximate surface area is 124 Å². The van der Waals surface area contributed by atoms with Gasteiger partial charge in [-0.05, 0) is 19.1 Å². The standard InChI is InChI=1S/C12H18N2O4S2/c1-2-17-7-8-20(15,16)14-10-5-3-4-6-11(10)18-9-12(13)19/h3-6,14H,2,7-9H2,1H3,(H2,13,19). The van der Waals surface area contributed by atoms with Crippen molar-refractivity contribution < 1.29 is 17.9 Å². The monoisotopic (exact) mass is 318 g/mol. The molecule has 0 fully saturated rings. The maximum Gasteiger partial charge on any atom is 0.235 e. The summed E-state index contributed by atoms with van der Waals surface area (Å²) in [5.74, 6) is 0.255. The third-order valence-electron chi connectivity index (χ3n) is 2.22. The van der Waals surface area contributed by atoms with Crippen LogP contribution in [0.5, 0.6) is 5.75 Å². The van der Waals surface area contributed by atoms with E-state index in [0.717, 1.165) is 0 Å². The van der Waals surface area contributed by atoms with Crippen molar-refractivity contribution in [2.45, 2.75) is 6.92 Å². The van der Waals surface area contributed by atoms with Gasteiger partial charge in [0.15, 0.2) is 0 Å². The van der Waals surface area contributed by atoms with Crippen molar-refractivity contribution in [2.75, 3.05) is 30.3 Å². The molecule has 1 aromatic rings. The van der Waals surface area contributed by atoms with Gasteiger partial charge in [0.05, 0.1) is 18.0 Å². The van der Waals surface area contributed by atoms with Gasteiger partial charge in [-0.1, -0.05) is 24.4 Å². The van der Waals surface area contributed by atoms with Crippen LogP contribution in [0.2, 0.25) is 0 Å². The number of nitrogens with two attached hydrogens (primary N) is 1. The van der Waals surface area contributed by atoms with Gasteiger partial charge < -0.3 is 15.2 Å². The highest BCUT2D eigenvalue weighted by atomic mass is 32.2. The normalized spacial score (nSPS) is 11.1. The summed E-state index contributed by atoms with van der Waals surface area (Å²) in [4.78, 5) is 0.194. The van der Waals surface area contributed by atoms with Gasteiger partial charge in [0, 0.05) is 6.61 Å². The van der Waals surface area contributed by atoms with Crippen molar-refractivity contribution in [3.63, 3.8) is 0 Å². The SMILES string of the molecule is CCOCCS(=O)(=O)Nc1ccccc1OCC(N)=S. The minimum Gasteiger partial charge on any atom is -0.484 e. The van der Waals surface area contributed by atoms with E-state index >= 15 is 0 Å². The molecule has 0 saturated heterocycles. The minimum atomic E-state index is -3.49. The maximum atomic E-state index is 11.9. The largest absolute Gasteiger partial charge is 0.484 e. The third-order valence-corrected chi connectivity index (χ3v) is 3.58. The van der Waals surface area contributed by atoms with Gasteiger partial charge >= 0.3 is 0 Å². The van der Waals surface area contributed by atoms with Crippen molar-refractivity contribution in [1.82, 2.24) is 0 Å². The van der Waals surface area contributed by atoms with E-state index in [1.165, 1.54) is 0 Å². The molecule has 20 heavy (non-hydrogen) atoms. The number of anilines is 1. The summed E-state index contributed by atoms with van der Waals surface area (Å²) in [5.41, 5.74) is 5.70. The number of thiocarbonyl (C=S) groups is 1. The molecular formula is C12H18N2O4S2. The van der Waals surface area contributed by atoms with Crippen molar-refractivity contribution in [3.05, 3.63) is 24.3 Å². The van der Waals surface area contributed by atoms with E-state index in [-0.39, 0.29) is 24.0 Å². The Balaban J connectivity index is 2.73. The first kappa shape index (κ1) is 16.7. The van der Waals surface area contributed by atoms with Gasteiger partial charge in [0.25, 0.3) is 0 Å². The average Bonchev–Trinajstić information content (AvgIpc) is 2.37. The molecule has 0 heterocycles. The summed E-state index contributed by atoms with van der Waals surface area (Å²) < 4.78 is 36.6. The number of nitrogens with one attached hydrogen (secondary N) is 1. The molecule has 0 amide bonds. The zero-order valence-electron chi connectivity index (χ0n) is 11.2. The average molecular weight is 318 g/mol. The highest BCUT2D eigenvalue weighted by molar-refractivity contribution is 7.92. The fourth-order valence-electron chi connectivity index (χ4n) is 1.36. The first-order chi connectivity index (χ1) is 9.44. The molecule has 6 nitrogen and oxygen atoms in total. The smallest absolute Gasteiger partial charge is 0.235 e. The first-order valence-electron chi connectivity index (χ1n) is 6.03. The lowest BCUT2D eigenvalue weighted by Gasteiger charge is -2.13. The number of para-hydroxylation sites is 2. The summed E-state index contributed by atoms with van der Waals surface area (Å²) in [6, 6.07) is 6.67. The van der Waals surface area contributed by atoms with Crippen LogP contribution in [0.25, 0.3) is 0 Å². The maximum absolute atomic E-state index is 11.9. The fourth-order valence-corrected chi connectivity index (χ4v) is 2.36. The first-order valence-corrected chi connectivity index (χ1v) is 8.09. The highest BCUT2D eigenvalue weighted by Crippen LogP contribution is 2.24. The Kier molecular flexibility index (Phi) is 6.69. The fraction of sp³-hybridized carbons (Fsp3) is 0.417. The van der Waals surface area contributed by atoms with Crippen LogP contribution in [0, 0.1) is 0 Å². The van der Waals surface area contributed by atoms with Crippen LogP contribution >= 0.6 is 12.2 Å². The number of hydrogen-bond donors (Lipinski definition) is 2. The van der Waals surface area contributed by atoms with Gasteiger partial charge in [-0.3, -0.25) is 4.72 Å². The van der Waals surface area contributed by atoms with E-state index in [1.54, 1.807) is 31.2 Å². The quantitative estimate of drug-likeness (QED) is 0.524. The Hall–Kier alpha value is -1.38. The second-order valence-electron chi connectivity index (χ2n) is 3.87. The second kappa shape index (κ2) is 8.03. The molecule has 8 heteroatoms. The summed E-state index contributed by atoms with van der Waals surface area (Å²) in [5, 5.41) is 0. The lowest BCUT2D eigenvalue weighted by atomic mass is 10.3. The predicted octanol–water partition coefficient (Wildman–Crippen LogP) is 1.13. The molecule has 0 aliphatic heterocycles. The molecule has 0 aliphatic carbocycles. The molecule has 0 aliphatic rings. The van der Waals surface area contributed by atoms with Crippen LogP contribution in [0.1, 0.15) is 6.92 Å². The summed E-state index contributed by atoms with van der Waals surface area (Å²) in [7, 11) is -3.49. The van der Waals surface area contributed by atoms with Crippen LogP contribution in [-0.2, 0) is 14.8 Å². The molecule has 0 aromatic heterocycles. The van der Waals surface area contributed by atoms with E-state index in [4.69, 9.17) is 27.4 Å². The molecule has 1 rings (SSSR count). The predicted molar refractivity (Wildman–Crippen MR) is 82.6 cm³/mol. The number of benzene rings is 1. The molecule has 112 valence electrons. The molecule has 0 bridgehead atoms. The Bertz CT molecular complexity index is 546. The Morgan fingerprint density at radius 3 is 2.75 bits per heavy atom. The topological polar surface area (TPSA) is 90.7 Å². The summed E-state index contributed by atoms with van der Waals surface area (Å²) in [6.45, 7) is 2.47. The second-order valence-corrected chi connectivity index (χ2v) is 6.24. The van der Waals surface area contributed by atoms with Crippen molar-refractivity contribution in [3.8, 4) is 5.75 Å². The lowest BCUT2D eigenvalue weighted by Crippen LogP contribution is -2.22. The molecule has 0 saturated carbocycles. The molecule has 0 atom stereocenters. The van der Waals surface area contributed by atoms with E-state index < -0.39 is 10.0 Å². The van der Waals surface area contributed by atoms with Gasteiger partial charge in [0.1, 0.15) is 17.3 Å². The number of rotatable bonds is 9. The Morgan fingerprint density at radius 1 is 1.40 bits per heavy atom. The van der Waals surface area contributed by atoms with Crippen LogP contribution in [-0.4, -0.2) is 39.0 Å². The van der Waals surface area contributed by atoms with Crippen LogP contribution in [0.15, 0.2) is 24.3 Å². The van der Waals surface area contributed by atoms with Crippen LogP contribution < -0.4 is 15.2 Å². The van der Waals surface area contributed by atoms with Crippen LogP contribution in [0.4, 0.5) is 5.69 Å². The van der Waals surface area contributed by atoms with E-state index in [9.17, 15) is 8.42 Å². The minimum absolute atomic E-state index is 0.0486. The molecule has 0 unspecified atom stereocenters. The van der Waals surface area contributed by atoms with Crippen LogP contribution in [0.3, 0.4) is 0 Å². The Morgan fingerprint density at radius 2 is 2.10 bits per heavy atom. The third kappa shape index (κ3) is 6.18. The molecular weight excluding hydrogens is 300 g/mol. The van der Waals surface area contributed by atoms with Gasteiger partial charge in [-0.25, -0.2) is 8.42 Å². The van der Waals surface area contributed by atoms with E-state index in [1.807, 2.05) is 0 Å². The van der Waals surface area contributed by atoms with E-state index in [0.29, 0.717) is 18.0 Å². The van der Waals surface area contributed by atoms with Gasteiger partial charge in [0.2, 0.25) is 10.0 Å². The molecule has 3 N–H and O–H groups in total. The zero-order chi connectivity index (χ0) is 15.0.